The van der Waals surface area contributed by atoms with E-state index in [1.165, 1.54) is 13.2 Å². The summed E-state index contributed by atoms with van der Waals surface area (Å²) >= 11 is 13.4. The summed E-state index contributed by atoms with van der Waals surface area (Å²) in [5, 5.41) is 79.1. The Morgan fingerprint density at radius 3 is 1.50 bits per heavy atom. The van der Waals surface area contributed by atoms with Crippen LogP contribution in [0.5, 0.6) is 11.5 Å². The molecule has 0 unspecified atom stereocenters. The Kier molecular flexibility index (Phi) is 14.8. The fourth-order valence-electron chi connectivity index (χ4n) is 8.70. The zero-order valence-electron chi connectivity index (χ0n) is 35.1. The average molecular weight is 930 g/mol. The van der Waals surface area contributed by atoms with Gasteiger partial charge in [0.1, 0.15) is 72.5 Å². The van der Waals surface area contributed by atoms with Crippen molar-refractivity contribution < 1.29 is 73.6 Å². The van der Waals surface area contributed by atoms with Gasteiger partial charge in [0.2, 0.25) is 11.6 Å². The molecule has 15 nitrogen and oxygen atoms in total. The van der Waals surface area contributed by atoms with Crippen LogP contribution in [-0.4, -0.2) is 144 Å². The van der Waals surface area contributed by atoms with Crippen molar-refractivity contribution in [2.75, 3.05) is 46.8 Å². The molecule has 0 radical (unpaired) electrons. The fraction of sp³-hybridized carbons (Fsp3) is 0.489. The number of benzene rings is 4. The number of aliphatic hydroxyl groups is 7. The normalized spacial score (nSPS) is 33.0. The van der Waals surface area contributed by atoms with Crippen LogP contribution in [0.1, 0.15) is 46.2 Å². The molecule has 0 aromatic heterocycles. The molecule has 8 rings (SSSR count). The van der Waals surface area contributed by atoms with Gasteiger partial charge in [-0.25, -0.2) is 0 Å². The van der Waals surface area contributed by atoms with E-state index in [1.54, 1.807) is 30.3 Å². The summed E-state index contributed by atoms with van der Waals surface area (Å²) in [6, 6.07) is 24.6. The van der Waals surface area contributed by atoms with E-state index in [-0.39, 0.29) is 23.3 Å². The maximum atomic E-state index is 11.8. The van der Waals surface area contributed by atoms with Crippen LogP contribution in [-0.2, 0) is 52.8 Å². The van der Waals surface area contributed by atoms with Crippen LogP contribution in [0.4, 0.5) is 0 Å². The molecule has 17 heteroatoms. The Hall–Kier alpha value is -3.46. The smallest absolute Gasteiger partial charge is 0.225 e. The lowest BCUT2D eigenvalue weighted by molar-refractivity contribution is -0.400. The Labute approximate surface area is 380 Å². The first-order valence-corrected chi connectivity index (χ1v) is 22.1. The van der Waals surface area contributed by atoms with Crippen LogP contribution in [0.25, 0.3) is 0 Å². The van der Waals surface area contributed by atoms with Crippen molar-refractivity contribution in [3.8, 4) is 11.5 Å². The number of ether oxygens (including phenoxy) is 8. The molecule has 4 aliphatic rings. The maximum absolute atomic E-state index is 11.8. The molecular formula is C47H54Cl2O15. The monoisotopic (exact) mass is 928 g/mol. The molecule has 0 bridgehead atoms. The van der Waals surface area contributed by atoms with Crippen molar-refractivity contribution in [1.29, 1.82) is 0 Å². The quantitative estimate of drug-likeness (QED) is 0.0913. The van der Waals surface area contributed by atoms with E-state index in [1.807, 2.05) is 48.5 Å². The van der Waals surface area contributed by atoms with Gasteiger partial charge in [0.25, 0.3) is 0 Å². The summed E-state index contributed by atoms with van der Waals surface area (Å²) < 4.78 is 47.7. The second kappa shape index (κ2) is 20.2. The van der Waals surface area contributed by atoms with Gasteiger partial charge in [-0.3, -0.25) is 0 Å². The van der Waals surface area contributed by atoms with Gasteiger partial charge in [-0.05, 0) is 83.6 Å². The van der Waals surface area contributed by atoms with Crippen molar-refractivity contribution in [3.05, 3.63) is 128 Å². The fourth-order valence-corrected chi connectivity index (χ4v) is 9.07. The van der Waals surface area contributed by atoms with Crippen LogP contribution < -0.4 is 9.47 Å². The number of hydrogen-bond donors (Lipinski definition) is 7. The van der Waals surface area contributed by atoms with Crippen LogP contribution in [0.15, 0.2) is 84.9 Å². The highest BCUT2D eigenvalue weighted by molar-refractivity contribution is 6.31. The highest BCUT2D eigenvalue weighted by Crippen LogP contribution is 2.44. The van der Waals surface area contributed by atoms with Crippen molar-refractivity contribution in [2.45, 2.75) is 98.3 Å². The summed E-state index contributed by atoms with van der Waals surface area (Å²) in [5.41, 5.74) is 3.38. The minimum absolute atomic E-state index is 0.00152. The molecule has 4 aromatic carbocycles. The summed E-state index contributed by atoms with van der Waals surface area (Å²) in [6.07, 6.45) is -11.7. The van der Waals surface area contributed by atoms with Gasteiger partial charge < -0.3 is 73.6 Å². The molecule has 4 aliphatic heterocycles. The Balaban J connectivity index is 1.05. The molecule has 64 heavy (non-hydrogen) atoms. The lowest BCUT2D eigenvalue weighted by Crippen LogP contribution is -2.67. The van der Waals surface area contributed by atoms with Gasteiger partial charge in [-0.1, -0.05) is 59.6 Å². The van der Waals surface area contributed by atoms with E-state index in [9.17, 15) is 35.7 Å². The van der Waals surface area contributed by atoms with E-state index < -0.39 is 73.6 Å². The maximum Gasteiger partial charge on any atom is 0.225 e. The first kappa shape index (κ1) is 47.0. The third-order valence-electron chi connectivity index (χ3n) is 12.4. The summed E-state index contributed by atoms with van der Waals surface area (Å²) in [5.74, 6) is -3.00. The predicted octanol–water partition coefficient (Wildman–Crippen LogP) is 3.13. The molecule has 4 fully saturated rings. The Morgan fingerprint density at radius 2 is 1.05 bits per heavy atom. The number of aliphatic hydroxyl groups excluding tert-OH is 7. The number of rotatable bonds is 15. The van der Waals surface area contributed by atoms with E-state index in [4.69, 9.17) is 61.1 Å². The van der Waals surface area contributed by atoms with Crippen molar-refractivity contribution in [2.24, 2.45) is 0 Å². The van der Waals surface area contributed by atoms with Gasteiger partial charge >= 0.3 is 0 Å². The molecule has 346 valence electrons. The van der Waals surface area contributed by atoms with Crippen LogP contribution in [0.3, 0.4) is 0 Å². The van der Waals surface area contributed by atoms with Gasteiger partial charge in [0.05, 0.1) is 39.6 Å². The zero-order chi connectivity index (χ0) is 45.2. The van der Waals surface area contributed by atoms with Crippen LogP contribution >= 0.6 is 23.2 Å². The van der Waals surface area contributed by atoms with Crippen molar-refractivity contribution >= 4 is 23.2 Å². The molecule has 4 heterocycles. The third-order valence-corrected chi connectivity index (χ3v) is 13.1. The molecule has 12 atom stereocenters. The summed E-state index contributed by atoms with van der Waals surface area (Å²) in [7, 11) is 1.27. The molecule has 0 aliphatic carbocycles. The molecule has 0 spiro atoms. The van der Waals surface area contributed by atoms with Crippen LogP contribution in [0.2, 0.25) is 10.0 Å². The first-order chi connectivity index (χ1) is 30.8. The van der Waals surface area contributed by atoms with Crippen LogP contribution in [0, 0.1) is 0 Å². The minimum Gasteiger partial charge on any atom is -0.488 e. The molecule has 7 N–H and O–H groups in total. The molecule has 4 aromatic rings. The molecule has 0 amide bonds. The zero-order valence-corrected chi connectivity index (χ0v) is 36.6. The lowest BCUT2D eigenvalue weighted by atomic mass is 9.86. The first-order valence-electron chi connectivity index (χ1n) is 21.3. The predicted molar refractivity (Wildman–Crippen MR) is 230 cm³/mol. The van der Waals surface area contributed by atoms with Crippen molar-refractivity contribution in [3.63, 3.8) is 0 Å². The van der Waals surface area contributed by atoms with Crippen molar-refractivity contribution in [1.82, 2.24) is 0 Å². The average Bonchev–Trinajstić information content (AvgIpc) is 4.03. The largest absolute Gasteiger partial charge is 0.488 e. The Morgan fingerprint density at radius 1 is 0.594 bits per heavy atom. The van der Waals surface area contributed by atoms with E-state index in [2.05, 4.69) is 0 Å². The minimum atomic E-state index is -2.31. The van der Waals surface area contributed by atoms with Gasteiger partial charge in [0, 0.05) is 41.1 Å². The highest BCUT2D eigenvalue weighted by Gasteiger charge is 2.59. The van der Waals surface area contributed by atoms with Gasteiger partial charge in [-0.2, -0.15) is 0 Å². The van der Waals surface area contributed by atoms with E-state index >= 15 is 0 Å². The number of methoxy groups -OCH3 is 1. The second-order valence-corrected chi connectivity index (χ2v) is 17.5. The topological polar surface area (TPSA) is 215 Å². The molecule has 0 saturated carbocycles. The second-order valence-electron chi connectivity index (χ2n) is 16.7. The summed E-state index contributed by atoms with van der Waals surface area (Å²) in [6.45, 7) is 0.960. The van der Waals surface area contributed by atoms with Gasteiger partial charge in [0.15, 0.2) is 0 Å². The third kappa shape index (κ3) is 9.67. The number of hydrogen-bond acceptors (Lipinski definition) is 15. The van der Waals surface area contributed by atoms with Gasteiger partial charge in [-0.15, -0.1) is 0 Å². The molecule has 4 saturated heterocycles. The van der Waals surface area contributed by atoms with E-state index in [0.29, 0.717) is 71.9 Å². The summed E-state index contributed by atoms with van der Waals surface area (Å²) in [4.78, 5) is 0. The SMILES string of the molecule is CO[C@@]1(c2ccc(Cl)c(Cc3ccc(O[C@H]4CCOC4)cc3)c2)O[C@H](CO[C@]2(c3ccc(Cl)c(Cc4ccc(O[C@H]5CCOC5)cc4)c3)O[C@H](CO)[C@@H](O)[C@H](O)[C@H]2O)[C@@H](O)[C@H](O)[C@H]1O. The Bertz CT molecular complexity index is 2170. The standard InChI is InChI=1S/C47H54Cl2O15/c1-57-46(30-6-12-36(48)28(20-30)18-26-2-8-32(9-3-26)61-34-14-16-58-23-34)44(55)43(54)41(52)39(64-46)25-60-47(45(56)42(53)40(51)38(22-50)63-47)31-7-13-37(49)29(21-31)19-27-4-10-33(11-5-27)62-35-15-17-59-24-35/h2-13,20-21,34-35,38-45,50-56H,14-19,22-25H2,1H3/t34-,35-,38+,39+,40+,41+,42-,43-,44+,45+,46-,47+/m0/s1. The molecular weight excluding hydrogens is 875 g/mol. The lowest BCUT2D eigenvalue weighted by Gasteiger charge is -2.51. The van der Waals surface area contributed by atoms with E-state index in [0.717, 1.165) is 24.0 Å². The highest BCUT2D eigenvalue weighted by atomic mass is 35.5. The number of halogens is 2.